The predicted molar refractivity (Wildman–Crippen MR) is 64.4 cm³/mol. The molecular weight excluding hydrogens is 204 g/mol. The molecule has 1 N–H and O–H groups in total. The Morgan fingerprint density at radius 3 is 2.75 bits per heavy atom. The van der Waals surface area contributed by atoms with Gasteiger partial charge in [0, 0.05) is 13.6 Å². The van der Waals surface area contributed by atoms with Gasteiger partial charge in [0.25, 0.3) is 0 Å². The number of aryl methyl sites for hydroxylation is 2. The summed E-state index contributed by atoms with van der Waals surface area (Å²) in [4.78, 5) is 11.4. The smallest absolute Gasteiger partial charge is 0.316 e. The van der Waals surface area contributed by atoms with Gasteiger partial charge in [0.2, 0.25) is 0 Å². The minimum Gasteiger partial charge on any atom is -0.316 e. The summed E-state index contributed by atoms with van der Waals surface area (Å²) < 4.78 is 3.01. The molecule has 0 fully saturated rings. The minimum absolute atomic E-state index is 0.0323. The molecule has 1 aromatic rings. The van der Waals surface area contributed by atoms with E-state index >= 15 is 0 Å². The molecule has 16 heavy (non-hydrogen) atoms. The van der Waals surface area contributed by atoms with Crippen LogP contribution in [0.5, 0.6) is 0 Å². The molecule has 0 unspecified atom stereocenters. The van der Waals surface area contributed by atoms with E-state index in [0.29, 0.717) is 12.5 Å². The first-order valence-electron chi connectivity index (χ1n) is 5.90. The van der Waals surface area contributed by atoms with Gasteiger partial charge in [-0.15, -0.1) is 0 Å². The van der Waals surface area contributed by atoms with E-state index in [-0.39, 0.29) is 5.69 Å². The summed E-state index contributed by atoms with van der Waals surface area (Å²) in [5.74, 6) is 0.693. The molecule has 92 valence electrons. The summed E-state index contributed by atoms with van der Waals surface area (Å²) >= 11 is 0. The van der Waals surface area contributed by atoms with Gasteiger partial charge < -0.3 is 5.32 Å². The van der Waals surface area contributed by atoms with Crippen molar-refractivity contribution in [3.63, 3.8) is 0 Å². The number of aromatic nitrogens is 3. The van der Waals surface area contributed by atoms with Crippen LogP contribution in [0.1, 0.15) is 26.7 Å². The van der Waals surface area contributed by atoms with Crippen LogP contribution in [-0.2, 0) is 13.6 Å². The first-order valence-corrected chi connectivity index (χ1v) is 5.90. The molecule has 0 radical (unpaired) electrons. The van der Waals surface area contributed by atoms with E-state index in [1.807, 2.05) is 0 Å². The number of nitrogens with zero attached hydrogens (tertiary/aromatic N) is 3. The summed E-state index contributed by atoms with van der Waals surface area (Å²) in [6.07, 6.45) is 3.62. The van der Waals surface area contributed by atoms with Gasteiger partial charge >= 0.3 is 5.69 Å². The lowest BCUT2D eigenvalue weighted by Gasteiger charge is -2.06. The van der Waals surface area contributed by atoms with Crippen LogP contribution in [0.2, 0.25) is 0 Å². The fourth-order valence-electron chi connectivity index (χ4n) is 1.48. The zero-order chi connectivity index (χ0) is 12.0. The molecule has 0 aliphatic heterocycles. The molecule has 0 aromatic carbocycles. The Hall–Kier alpha value is -1.10. The summed E-state index contributed by atoms with van der Waals surface area (Å²) in [5.41, 5.74) is -0.0323. The second-order valence-electron chi connectivity index (χ2n) is 4.55. The highest BCUT2D eigenvalue weighted by Gasteiger charge is 2.00. The zero-order valence-electron chi connectivity index (χ0n) is 10.4. The van der Waals surface area contributed by atoms with Crippen molar-refractivity contribution < 1.29 is 0 Å². The van der Waals surface area contributed by atoms with Crippen LogP contribution in [0.25, 0.3) is 0 Å². The molecule has 1 aromatic heterocycles. The van der Waals surface area contributed by atoms with Gasteiger partial charge in [0.1, 0.15) is 6.33 Å². The van der Waals surface area contributed by atoms with Crippen molar-refractivity contribution in [2.75, 3.05) is 13.1 Å². The molecule has 5 nitrogen and oxygen atoms in total. The largest absolute Gasteiger partial charge is 0.345 e. The van der Waals surface area contributed by atoms with Crippen LogP contribution < -0.4 is 11.0 Å². The van der Waals surface area contributed by atoms with Crippen molar-refractivity contribution in [3.8, 4) is 0 Å². The van der Waals surface area contributed by atoms with Crippen molar-refractivity contribution in [2.45, 2.75) is 33.2 Å². The summed E-state index contributed by atoms with van der Waals surface area (Å²) in [6, 6.07) is 0. The van der Waals surface area contributed by atoms with Gasteiger partial charge in [-0.3, -0.25) is 4.57 Å². The maximum absolute atomic E-state index is 11.4. The molecular formula is C11H22N4O. The highest BCUT2D eigenvalue weighted by molar-refractivity contribution is 4.65. The van der Waals surface area contributed by atoms with Gasteiger partial charge in [-0.05, 0) is 31.8 Å². The Labute approximate surface area is 96.5 Å². The average Bonchev–Trinajstić information content (AvgIpc) is 2.54. The molecule has 0 bridgehead atoms. The van der Waals surface area contributed by atoms with Crippen LogP contribution in [0, 0.1) is 5.92 Å². The Morgan fingerprint density at radius 2 is 2.19 bits per heavy atom. The molecule has 1 rings (SSSR count). The maximum atomic E-state index is 11.4. The first kappa shape index (κ1) is 13.0. The molecule has 0 aliphatic rings. The number of nitrogens with one attached hydrogen (secondary N) is 1. The fraction of sp³-hybridized carbons (Fsp3) is 0.818. The lowest BCUT2D eigenvalue weighted by atomic mass is 10.2. The van der Waals surface area contributed by atoms with Crippen LogP contribution in [0.3, 0.4) is 0 Å². The highest BCUT2D eigenvalue weighted by atomic mass is 16.2. The van der Waals surface area contributed by atoms with E-state index in [1.54, 1.807) is 13.4 Å². The molecule has 0 amide bonds. The van der Waals surface area contributed by atoms with E-state index in [1.165, 1.54) is 9.25 Å². The minimum atomic E-state index is -0.0323. The quantitative estimate of drug-likeness (QED) is 0.693. The highest BCUT2D eigenvalue weighted by Crippen LogP contribution is 1.92. The Balaban J connectivity index is 2.12. The molecule has 1 heterocycles. The normalized spacial score (nSPS) is 11.2. The van der Waals surface area contributed by atoms with Crippen LogP contribution in [0.4, 0.5) is 0 Å². The predicted octanol–water partition coefficient (Wildman–Crippen LogP) is 0.608. The van der Waals surface area contributed by atoms with Gasteiger partial charge in [-0.25, -0.2) is 9.48 Å². The average molecular weight is 226 g/mol. The lowest BCUT2D eigenvalue weighted by Crippen LogP contribution is -2.24. The molecule has 0 atom stereocenters. The van der Waals surface area contributed by atoms with E-state index < -0.39 is 0 Å². The van der Waals surface area contributed by atoms with Crippen molar-refractivity contribution in [3.05, 3.63) is 16.8 Å². The van der Waals surface area contributed by atoms with Crippen LogP contribution >= 0.6 is 0 Å². The van der Waals surface area contributed by atoms with Gasteiger partial charge in [-0.1, -0.05) is 13.8 Å². The van der Waals surface area contributed by atoms with Crippen molar-refractivity contribution in [1.82, 2.24) is 19.7 Å². The Kier molecular flexibility index (Phi) is 5.25. The maximum Gasteiger partial charge on any atom is 0.345 e. The number of hydrogen-bond donors (Lipinski definition) is 1. The van der Waals surface area contributed by atoms with E-state index in [9.17, 15) is 4.79 Å². The second kappa shape index (κ2) is 6.48. The Morgan fingerprint density at radius 1 is 1.44 bits per heavy atom. The standard InChI is InChI=1S/C11H22N4O/c1-10(2)8-12-6-4-5-7-15-11(16)14(3)9-13-15/h9-10,12H,4-8H2,1-3H3. The first-order chi connectivity index (χ1) is 7.61. The van der Waals surface area contributed by atoms with Crippen molar-refractivity contribution in [1.29, 1.82) is 0 Å². The topological polar surface area (TPSA) is 51.9 Å². The van der Waals surface area contributed by atoms with Gasteiger partial charge in [-0.2, -0.15) is 5.10 Å². The number of hydrogen-bond acceptors (Lipinski definition) is 3. The third-order valence-corrected chi connectivity index (χ3v) is 2.41. The monoisotopic (exact) mass is 226 g/mol. The number of rotatable bonds is 7. The summed E-state index contributed by atoms with van der Waals surface area (Å²) in [5, 5.41) is 7.39. The molecule has 5 heteroatoms. The third kappa shape index (κ3) is 4.18. The zero-order valence-corrected chi connectivity index (χ0v) is 10.4. The van der Waals surface area contributed by atoms with Crippen molar-refractivity contribution >= 4 is 0 Å². The van der Waals surface area contributed by atoms with E-state index in [4.69, 9.17) is 0 Å². The fourth-order valence-corrected chi connectivity index (χ4v) is 1.48. The second-order valence-corrected chi connectivity index (χ2v) is 4.55. The van der Waals surface area contributed by atoms with E-state index in [2.05, 4.69) is 24.3 Å². The molecule has 0 saturated heterocycles. The third-order valence-electron chi connectivity index (χ3n) is 2.41. The summed E-state index contributed by atoms with van der Waals surface area (Å²) in [6.45, 7) is 7.17. The van der Waals surface area contributed by atoms with Crippen LogP contribution in [-0.4, -0.2) is 27.4 Å². The van der Waals surface area contributed by atoms with E-state index in [0.717, 1.165) is 25.9 Å². The molecule has 0 aliphatic carbocycles. The summed E-state index contributed by atoms with van der Waals surface area (Å²) in [7, 11) is 1.72. The van der Waals surface area contributed by atoms with Gasteiger partial charge in [0.15, 0.2) is 0 Å². The lowest BCUT2D eigenvalue weighted by molar-refractivity contribution is 0.498. The van der Waals surface area contributed by atoms with Gasteiger partial charge in [0.05, 0.1) is 0 Å². The molecule has 0 spiro atoms. The molecule has 0 saturated carbocycles. The SMILES string of the molecule is CC(C)CNCCCCn1ncn(C)c1=O. The number of unbranched alkanes of at least 4 members (excludes halogenated alkanes) is 1. The van der Waals surface area contributed by atoms with Crippen LogP contribution in [0.15, 0.2) is 11.1 Å². The Bertz CT molecular complexity index is 353. The van der Waals surface area contributed by atoms with Crippen molar-refractivity contribution in [2.24, 2.45) is 13.0 Å².